The van der Waals surface area contributed by atoms with Crippen molar-refractivity contribution in [2.75, 3.05) is 13.2 Å². The van der Waals surface area contributed by atoms with Gasteiger partial charge in [-0.25, -0.2) is 0 Å². The molecule has 2 atom stereocenters. The second kappa shape index (κ2) is 7.60. The summed E-state index contributed by atoms with van der Waals surface area (Å²) in [7, 11) is 0. The maximum atomic E-state index is 12.1. The number of aliphatic hydroxyl groups excluding tert-OH is 1. The molecule has 0 saturated heterocycles. The lowest BCUT2D eigenvalue weighted by molar-refractivity contribution is -0.120. The molecule has 21 heavy (non-hydrogen) atoms. The van der Waals surface area contributed by atoms with Crippen LogP contribution in [0.2, 0.25) is 0 Å². The molecule has 3 nitrogen and oxygen atoms in total. The SMILES string of the molecule is Cc1ccc(CC(=O)NCC2CCCCC2CO)cc1C. The fourth-order valence-corrected chi connectivity index (χ4v) is 3.20. The Balaban J connectivity index is 1.82. The van der Waals surface area contributed by atoms with Crippen LogP contribution in [0.5, 0.6) is 0 Å². The topological polar surface area (TPSA) is 49.3 Å². The summed E-state index contributed by atoms with van der Waals surface area (Å²) in [6, 6.07) is 6.19. The predicted molar refractivity (Wildman–Crippen MR) is 85.2 cm³/mol. The van der Waals surface area contributed by atoms with Crippen molar-refractivity contribution in [3.8, 4) is 0 Å². The molecule has 1 saturated carbocycles. The molecule has 0 radical (unpaired) electrons. The minimum absolute atomic E-state index is 0.0838. The number of aryl methyl sites for hydroxylation is 2. The Kier molecular flexibility index (Phi) is 5.80. The zero-order valence-electron chi connectivity index (χ0n) is 13.2. The van der Waals surface area contributed by atoms with Crippen molar-refractivity contribution in [1.29, 1.82) is 0 Å². The van der Waals surface area contributed by atoms with Crippen LogP contribution in [0.15, 0.2) is 18.2 Å². The molecule has 2 N–H and O–H groups in total. The van der Waals surface area contributed by atoms with Gasteiger partial charge in [0.25, 0.3) is 0 Å². The van der Waals surface area contributed by atoms with E-state index in [4.69, 9.17) is 0 Å². The van der Waals surface area contributed by atoms with Crippen molar-refractivity contribution in [3.05, 3.63) is 34.9 Å². The monoisotopic (exact) mass is 289 g/mol. The Morgan fingerprint density at radius 3 is 2.57 bits per heavy atom. The summed E-state index contributed by atoms with van der Waals surface area (Å²) >= 11 is 0. The summed E-state index contributed by atoms with van der Waals surface area (Å²) in [4.78, 5) is 12.1. The molecule has 0 bridgehead atoms. The first kappa shape index (κ1) is 16.0. The third kappa shape index (κ3) is 4.57. The van der Waals surface area contributed by atoms with E-state index in [9.17, 15) is 9.90 Å². The van der Waals surface area contributed by atoms with Gasteiger partial charge in [-0.2, -0.15) is 0 Å². The average Bonchev–Trinajstić information content (AvgIpc) is 2.49. The van der Waals surface area contributed by atoms with Crippen molar-refractivity contribution in [2.45, 2.75) is 46.0 Å². The van der Waals surface area contributed by atoms with Crippen molar-refractivity contribution in [2.24, 2.45) is 11.8 Å². The maximum Gasteiger partial charge on any atom is 0.224 e. The number of benzene rings is 1. The van der Waals surface area contributed by atoms with Gasteiger partial charge in [-0.3, -0.25) is 4.79 Å². The number of carbonyl (C=O) groups is 1. The number of hydrogen-bond acceptors (Lipinski definition) is 2. The van der Waals surface area contributed by atoms with E-state index in [1.54, 1.807) is 0 Å². The molecule has 2 rings (SSSR count). The van der Waals surface area contributed by atoms with Gasteiger partial charge in [0.15, 0.2) is 0 Å². The van der Waals surface area contributed by atoms with E-state index in [-0.39, 0.29) is 12.5 Å². The Labute approximate surface area is 127 Å². The zero-order valence-corrected chi connectivity index (χ0v) is 13.2. The van der Waals surface area contributed by atoms with Crippen molar-refractivity contribution in [3.63, 3.8) is 0 Å². The third-order valence-electron chi connectivity index (χ3n) is 4.80. The number of amides is 1. The molecule has 116 valence electrons. The first-order valence-electron chi connectivity index (χ1n) is 8.04. The van der Waals surface area contributed by atoms with Crippen LogP contribution in [0.25, 0.3) is 0 Å². The van der Waals surface area contributed by atoms with Crippen molar-refractivity contribution < 1.29 is 9.90 Å². The molecule has 0 aliphatic heterocycles. The molecule has 0 spiro atoms. The van der Waals surface area contributed by atoms with Crippen LogP contribution in [0.3, 0.4) is 0 Å². The lowest BCUT2D eigenvalue weighted by Crippen LogP contribution is -2.36. The molecule has 1 aromatic rings. The van der Waals surface area contributed by atoms with E-state index in [1.807, 2.05) is 6.07 Å². The molecular formula is C18H27NO2. The van der Waals surface area contributed by atoms with E-state index in [0.717, 1.165) is 18.4 Å². The second-order valence-electron chi connectivity index (χ2n) is 6.39. The highest BCUT2D eigenvalue weighted by atomic mass is 16.3. The van der Waals surface area contributed by atoms with Crippen LogP contribution < -0.4 is 5.32 Å². The van der Waals surface area contributed by atoms with Crippen molar-refractivity contribution >= 4 is 5.91 Å². The highest BCUT2D eigenvalue weighted by Gasteiger charge is 2.24. The molecule has 1 aliphatic rings. The smallest absolute Gasteiger partial charge is 0.224 e. The van der Waals surface area contributed by atoms with E-state index < -0.39 is 0 Å². The van der Waals surface area contributed by atoms with Gasteiger partial charge in [-0.15, -0.1) is 0 Å². The molecule has 1 aliphatic carbocycles. The second-order valence-corrected chi connectivity index (χ2v) is 6.39. The maximum absolute atomic E-state index is 12.1. The highest BCUT2D eigenvalue weighted by molar-refractivity contribution is 5.78. The number of aliphatic hydroxyl groups is 1. The molecule has 1 amide bonds. The van der Waals surface area contributed by atoms with Crippen LogP contribution in [0.4, 0.5) is 0 Å². The van der Waals surface area contributed by atoms with E-state index in [1.165, 1.54) is 24.0 Å². The van der Waals surface area contributed by atoms with Gasteiger partial charge in [-0.1, -0.05) is 31.0 Å². The Morgan fingerprint density at radius 2 is 1.90 bits per heavy atom. The Hall–Kier alpha value is -1.35. The Bertz CT molecular complexity index is 484. The minimum atomic E-state index is 0.0838. The molecule has 0 heterocycles. The van der Waals surface area contributed by atoms with Gasteiger partial charge in [0.05, 0.1) is 6.42 Å². The molecular weight excluding hydrogens is 262 g/mol. The molecule has 3 heteroatoms. The summed E-state index contributed by atoms with van der Waals surface area (Å²) in [5.74, 6) is 0.883. The first-order chi connectivity index (χ1) is 10.1. The van der Waals surface area contributed by atoms with Gasteiger partial charge >= 0.3 is 0 Å². The average molecular weight is 289 g/mol. The molecule has 1 aromatic carbocycles. The van der Waals surface area contributed by atoms with Crippen LogP contribution in [0, 0.1) is 25.7 Å². The fraction of sp³-hybridized carbons (Fsp3) is 0.611. The van der Waals surface area contributed by atoms with Gasteiger partial charge in [0.2, 0.25) is 5.91 Å². The first-order valence-corrected chi connectivity index (χ1v) is 8.04. The number of rotatable bonds is 5. The largest absolute Gasteiger partial charge is 0.396 e. The normalized spacial score (nSPS) is 22.0. The fourth-order valence-electron chi connectivity index (χ4n) is 3.20. The lowest BCUT2D eigenvalue weighted by Gasteiger charge is -2.30. The third-order valence-corrected chi connectivity index (χ3v) is 4.80. The minimum Gasteiger partial charge on any atom is -0.396 e. The van der Waals surface area contributed by atoms with E-state index in [2.05, 4.69) is 31.3 Å². The van der Waals surface area contributed by atoms with Gasteiger partial charge in [0.1, 0.15) is 0 Å². The van der Waals surface area contributed by atoms with Gasteiger partial charge < -0.3 is 10.4 Å². The standard InChI is InChI=1S/C18H27NO2/c1-13-7-8-15(9-14(13)2)10-18(21)19-11-16-5-3-4-6-17(16)12-20/h7-9,16-17,20H,3-6,10-12H2,1-2H3,(H,19,21). The number of carbonyl (C=O) groups excluding carboxylic acids is 1. The lowest BCUT2D eigenvalue weighted by atomic mass is 9.79. The highest BCUT2D eigenvalue weighted by Crippen LogP contribution is 2.29. The van der Waals surface area contributed by atoms with Crippen LogP contribution >= 0.6 is 0 Å². The summed E-state index contributed by atoms with van der Waals surface area (Å²) in [6.07, 6.45) is 5.08. The number of hydrogen-bond donors (Lipinski definition) is 2. The van der Waals surface area contributed by atoms with E-state index in [0.29, 0.717) is 24.8 Å². The predicted octanol–water partition coefficient (Wildman–Crippen LogP) is 2.76. The summed E-state index contributed by atoms with van der Waals surface area (Å²) in [5, 5.41) is 12.5. The van der Waals surface area contributed by atoms with Crippen molar-refractivity contribution in [1.82, 2.24) is 5.32 Å². The molecule has 0 aromatic heterocycles. The summed E-state index contributed by atoms with van der Waals surface area (Å²) in [6.45, 7) is 5.11. The van der Waals surface area contributed by atoms with Gasteiger partial charge in [0, 0.05) is 13.2 Å². The Morgan fingerprint density at radius 1 is 1.19 bits per heavy atom. The summed E-state index contributed by atoms with van der Waals surface area (Å²) in [5.41, 5.74) is 3.55. The van der Waals surface area contributed by atoms with Crippen LogP contribution in [0.1, 0.15) is 42.4 Å². The van der Waals surface area contributed by atoms with Crippen LogP contribution in [-0.4, -0.2) is 24.2 Å². The van der Waals surface area contributed by atoms with Gasteiger partial charge in [-0.05, 0) is 55.2 Å². The molecule has 2 unspecified atom stereocenters. The summed E-state index contributed by atoms with van der Waals surface area (Å²) < 4.78 is 0. The number of nitrogens with one attached hydrogen (secondary N) is 1. The molecule has 1 fully saturated rings. The quantitative estimate of drug-likeness (QED) is 0.875. The van der Waals surface area contributed by atoms with Crippen LogP contribution in [-0.2, 0) is 11.2 Å². The van der Waals surface area contributed by atoms with E-state index >= 15 is 0 Å². The zero-order chi connectivity index (χ0) is 15.2.